The lowest BCUT2D eigenvalue weighted by molar-refractivity contribution is 0.248. The lowest BCUT2D eigenvalue weighted by Gasteiger charge is -2.11. The summed E-state index contributed by atoms with van der Waals surface area (Å²) < 4.78 is 32.6. The van der Waals surface area contributed by atoms with Crippen molar-refractivity contribution in [3.63, 3.8) is 0 Å². The molecular formula is C9H15NO4S2. The SMILES string of the molecule is O=S1(=O)CC[C@@H](CNC(=S)OC[C@@H]2CO2)C1. The summed E-state index contributed by atoms with van der Waals surface area (Å²) in [7, 11) is -2.80. The molecule has 2 atom stereocenters. The Bertz CT molecular complexity index is 364. The third-order valence-corrected chi connectivity index (χ3v) is 4.76. The highest BCUT2D eigenvalue weighted by Gasteiger charge is 2.28. The highest BCUT2D eigenvalue weighted by atomic mass is 32.2. The Kier molecular flexibility index (Phi) is 3.66. The molecule has 2 aliphatic rings. The third-order valence-electron chi connectivity index (χ3n) is 2.66. The minimum Gasteiger partial charge on any atom is -0.468 e. The molecule has 0 spiro atoms. The Balaban J connectivity index is 1.61. The van der Waals surface area contributed by atoms with Crippen LogP contribution in [0.1, 0.15) is 6.42 Å². The van der Waals surface area contributed by atoms with E-state index in [1.165, 1.54) is 0 Å². The Morgan fingerprint density at radius 3 is 2.88 bits per heavy atom. The lowest BCUT2D eigenvalue weighted by atomic mass is 10.1. The van der Waals surface area contributed by atoms with Gasteiger partial charge in [-0.1, -0.05) is 0 Å². The van der Waals surface area contributed by atoms with E-state index < -0.39 is 9.84 Å². The first-order valence-corrected chi connectivity index (χ1v) is 7.51. The average Bonchev–Trinajstić information content (AvgIpc) is 2.97. The van der Waals surface area contributed by atoms with Gasteiger partial charge in [-0.15, -0.1) is 0 Å². The van der Waals surface area contributed by atoms with E-state index in [-0.39, 0.29) is 17.8 Å². The molecule has 1 N–H and O–H groups in total. The Morgan fingerprint density at radius 1 is 1.56 bits per heavy atom. The highest BCUT2D eigenvalue weighted by molar-refractivity contribution is 7.91. The molecule has 0 aromatic heterocycles. The van der Waals surface area contributed by atoms with Crippen LogP contribution in [0, 0.1) is 5.92 Å². The van der Waals surface area contributed by atoms with Crippen LogP contribution in [0.25, 0.3) is 0 Å². The molecule has 2 aliphatic heterocycles. The van der Waals surface area contributed by atoms with E-state index in [0.29, 0.717) is 30.5 Å². The molecule has 0 saturated carbocycles. The number of sulfone groups is 1. The van der Waals surface area contributed by atoms with Gasteiger partial charge in [0.1, 0.15) is 12.7 Å². The molecule has 0 unspecified atom stereocenters. The van der Waals surface area contributed by atoms with Crippen LogP contribution in [-0.2, 0) is 19.3 Å². The average molecular weight is 265 g/mol. The number of ether oxygens (including phenoxy) is 2. The van der Waals surface area contributed by atoms with Crippen molar-refractivity contribution < 1.29 is 17.9 Å². The van der Waals surface area contributed by atoms with E-state index in [0.717, 1.165) is 6.61 Å². The van der Waals surface area contributed by atoms with Gasteiger partial charge in [-0.25, -0.2) is 8.42 Å². The summed E-state index contributed by atoms with van der Waals surface area (Å²) in [6.45, 7) is 1.79. The second kappa shape index (κ2) is 4.85. The Morgan fingerprint density at radius 2 is 2.31 bits per heavy atom. The fraction of sp³-hybridized carbons (Fsp3) is 0.889. The standard InChI is InChI=1S/C9H15NO4S2/c11-16(12)2-1-7(6-16)3-10-9(15)14-5-8-4-13-8/h7-8H,1-6H2,(H,10,15)/t7-,8-/m0/s1. The molecule has 5 nitrogen and oxygen atoms in total. The van der Waals surface area contributed by atoms with Crippen molar-refractivity contribution in [2.24, 2.45) is 5.92 Å². The summed E-state index contributed by atoms with van der Waals surface area (Å²) in [4.78, 5) is 0. The van der Waals surface area contributed by atoms with Crippen molar-refractivity contribution >= 4 is 27.2 Å². The normalized spacial score (nSPS) is 31.0. The highest BCUT2D eigenvalue weighted by Crippen LogP contribution is 2.17. The zero-order valence-electron chi connectivity index (χ0n) is 8.85. The van der Waals surface area contributed by atoms with Crippen LogP contribution in [0.3, 0.4) is 0 Å². The van der Waals surface area contributed by atoms with Gasteiger partial charge in [0.15, 0.2) is 9.84 Å². The van der Waals surface area contributed by atoms with Gasteiger partial charge in [-0.3, -0.25) is 0 Å². The van der Waals surface area contributed by atoms with Gasteiger partial charge in [-0.05, 0) is 24.6 Å². The molecule has 2 heterocycles. The number of hydrogen-bond acceptors (Lipinski definition) is 5. The van der Waals surface area contributed by atoms with Crippen LogP contribution in [0.15, 0.2) is 0 Å². The van der Waals surface area contributed by atoms with Gasteiger partial charge >= 0.3 is 0 Å². The van der Waals surface area contributed by atoms with Gasteiger partial charge in [-0.2, -0.15) is 0 Å². The Labute approximate surface area is 100 Å². The smallest absolute Gasteiger partial charge is 0.256 e. The molecule has 16 heavy (non-hydrogen) atoms. The van der Waals surface area contributed by atoms with Gasteiger partial charge in [0.05, 0.1) is 18.1 Å². The maximum Gasteiger partial charge on any atom is 0.256 e. The fourth-order valence-corrected chi connectivity index (χ4v) is 3.66. The van der Waals surface area contributed by atoms with Crippen molar-refractivity contribution in [1.29, 1.82) is 0 Å². The van der Waals surface area contributed by atoms with Gasteiger partial charge in [0.25, 0.3) is 5.17 Å². The van der Waals surface area contributed by atoms with Crippen LogP contribution >= 0.6 is 12.2 Å². The molecule has 0 aliphatic carbocycles. The summed E-state index contributed by atoms with van der Waals surface area (Å²) in [5, 5.41) is 3.27. The predicted molar refractivity (Wildman–Crippen MR) is 63.1 cm³/mol. The minimum atomic E-state index is -2.80. The van der Waals surface area contributed by atoms with Crippen molar-refractivity contribution in [2.75, 3.05) is 31.3 Å². The minimum absolute atomic E-state index is 0.156. The quantitative estimate of drug-likeness (QED) is 0.556. The number of hydrogen-bond donors (Lipinski definition) is 1. The van der Waals surface area contributed by atoms with E-state index in [1.807, 2.05) is 0 Å². The van der Waals surface area contributed by atoms with Crippen molar-refractivity contribution in [3.8, 4) is 0 Å². The zero-order valence-corrected chi connectivity index (χ0v) is 10.5. The van der Waals surface area contributed by atoms with Gasteiger partial charge in [0, 0.05) is 6.54 Å². The van der Waals surface area contributed by atoms with Gasteiger partial charge < -0.3 is 14.8 Å². The zero-order chi connectivity index (χ0) is 11.6. The summed E-state index contributed by atoms with van der Waals surface area (Å²) in [6.07, 6.45) is 0.899. The van der Waals surface area contributed by atoms with Crippen molar-refractivity contribution in [2.45, 2.75) is 12.5 Å². The number of thiocarbonyl (C=S) groups is 1. The molecule has 0 radical (unpaired) electrons. The van der Waals surface area contributed by atoms with Crippen molar-refractivity contribution in [1.82, 2.24) is 5.32 Å². The maximum atomic E-state index is 11.2. The molecule has 92 valence electrons. The van der Waals surface area contributed by atoms with E-state index in [9.17, 15) is 8.42 Å². The van der Waals surface area contributed by atoms with Crippen molar-refractivity contribution in [3.05, 3.63) is 0 Å². The molecule has 2 saturated heterocycles. The fourth-order valence-electron chi connectivity index (χ4n) is 1.64. The molecular weight excluding hydrogens is 250 g/mol. The van der Waals surface area contributed by atoms with Crippen LogP contribution in [0.2, 0.25) is 0 Å². The second-order valence-corrected chi connectivity index (χ2v) is 6.80. The van der Waals surface area contributed by atoms with E-state index in [4.69, 9.17) is 21.7 Å². The topological polar surface area (TPSA) is 67.9 Å². The summed E-state index contributed by atoms with van der Waals surface area (Å²) in [5.74, 6) is 0.709. The summed E-state index contributed by atoms with van der Waals surface area (Å²) >= 11 is 4.95. The predicted octanol–water partition coefficient (Wildman–Crippen LogP) is -0.289. The van der Waals surface area contributed by atoms with E-state index in [1.54, 1.807) is 0 Å². The van der Waals surface area contributed by atoms with Crippen LogP contribution in [-0.4, -0.2) is 51.0 Å². The maximum absolute atomic E-state index is 11.2. The molecule has 2 rings (SSSR count). The van der Waals surface area contributed by atoms with Gasteiger partial charge in [0.2, 0.25) is 0 Å². The van der Waals surface area contributed by atoms with E-state index in [2.05, 4.69) is 5.32 Å². The second-order valence-electron chi connectivity index (χ2n) is 4.20. The first kappa shape index (κ1) is 12.1. The van der Waals surface area contributed by atoms with Crippen LogP contribution < -0.4 is 5.32 Å². The summed E-state index contributed by atoms with van der Waals surface area (Å²) in [5.41, 5.74) is 0. The number of nitrogens with one attached hydrogen (secondary N) is 1. The van der Waals surface area contributed by atoms with Crippen LogP contribution in [0.5, 0.6) is 0 Å². The first-order chi connectivity index (χ1) is 7.55. The Hall–Kier alpha value is -0.400. The number of epoxide rings is 1. The molecule has 0 aromatic carbocycles. The molecule has 7 heteroatoms. The summed E-state index contributed by atoms with van der Waals surface area (Å²) in [6, 6.07) is 0. The van der Waals surface area contributed by atoms with E-state index >= 15 is 0 Å². The largest absolute Gasteiger partial charge is 0.468 e. The lowest BCUT2D eigenvalue weighted by Crippen LogP contribution is -2.31. The molecule has 0 bridgehead atoms. The third kappa shape index (κ3) is 3.88. The van der Waals surface area contributed by atoms with Crippen LogP contribution in [0.4, 0.5) is 0 Å². The first-order valence-electron chi connectivity index (χ1n) is 5.28. The molecule has 0 aromatic rings. The number of rotatable bonds is 4. The monoisotopic (exact) mass is 265 g/mol. The molecule has 2 fully saturated rings. The molecule has 0 amide bonds.